The van der Waals surface area contributed by atoms with Crippen molar-refractivity contribution in [1.82, 2.24) is 4.90 Å². The van der Waals surface area contributed by atoms with Crippen molar-refractivity contribution in [3.05, 3.63) is 12.2 Å². The van der Waals surface area contributed by atoms with E-state index in [1.807, 2.05) is 0 Å². The lowest BCUT2D eigenvalue weighted by Gasteiger charge is -2.16. The van der Waals surface area contributed by atoms with Crippen molar-refractivity contribution in [3.63, 3.8) is 0 Å². The van der Waals surface area contributed by atoms with Crippen LogP contribution in [0.25, 0.3) is 0 Å². The van der Waals surface area contributed by atoms with E-state index in [2.05, 4.69) is 36.6 Å². The summed E-state index contributed by atoms with van der Waals surface area (Å²) < 4.78 is 0. The highest BCUT2D eigenvalue weighted by Gasteiger charge is 2.26. The summed E-state index contributed by atoms with van der Waals surface area (Å²) in [6.45, 7) is 4.52. The van der Waals surface area contributed by atoms with Crippen LogP contribution in [0.2, 0.25) is 0 Å². The summed E-state index contributed by atoms with van der Waals surface area (Å²) in [5.41, 5.74) is 0. The van der Waals surface area contributed by atoms with Crippen molar-refractivity contribution in [3.8, 4) is 0 Å². The van der Waals surface area contributed by atoms with Crippen molar-refractivity contribution in [1.29, 1.82) is 0 Å². The summed E-state index contributed by atoms with van der Waals surface area (Å²) in [5, 5.41) is 0. The molecule has 0 aliphatic heterocycles. The largest absolute Gasteiger partial charge is 0.297 e. The summed E-state index contributed by atoms with van der Waals surface area (Å²) in [7, 11) is 0. The van der Waals surface area contributed by atoms with Crippen molar-refractivity contribution >= 4 is 12.6 Å². The molecule has 0 amide bonds. The van der Waals surface area contributed by atoms with E-state index in [-0.39, 0.29) is 0 Å². The Kier molecular flexibility index (Phi) is 4.02. The van der Waals surface area contributed by atoms with Gasteiger partial charge in [0, 0.05) is 18.3 Å². The van der Waals surface area contributed by atoms with Gasteiger partial charge in [-0.1, -0.05) is 19.1 Å². The molecule has 0 bridgehead atoms. The first-order chi connectivity index (χ1) is 5.38. The van der Waals surface area contributed by atoms with Gasteiger partial charge in [-0.05, 0) is 19.4 Å². The summed E-state index contributed by atoms with van der Waals surface area (Å²) in [4.78, 5) is 2.51. The summed E-state index contributed by atoms with van der Waals surface area (Å²) >= 11 is 4.11. The van der Waals surface area contributed by atoms with Gasteiger partial charge in [-0.15, -0.1) is 0 Å². The zero-order valence-electron chi connectivity index (χ0n) is 7.16. The fourth-order valence-electron chi connectivity index (χ4n) is 1.26. The van der Waals surface area contributed by atoms with Crippen LogP contribution in [-0.2, 0) is 0 Å². The summed E-state index contributed by atoms with van der Waals surface area (Å²) in [5.74, 6) is 0.863. The third kappa shape index (κ3) is 3.30. The molecule has 0 heterocycles. The SMILES string of the molecule is CCN(CC=CCS)C1CC1. The number of nitrogens with zero attached hydrogens (tertiary/aromatic N) is 1. The van der Waals surface area contributed by atoms with E-state index in [4.69, 9.17) is 0 Å². The topological polar surface area (TPSA) is 3.24 Å². The van der Waals surface area contributed by atoms with Gasteiger partial charge in [-0.2, -0.15) is 12.6 Å². The van der Waals surface area contributed by atoms with Gasteiger partial charge in [-0.3, -0.25) is 4.90 Å². The normalized spacial score (nSPS) is 18.5. The third-order valence-corrected chi connectivity index (χ3v) is 2.29. The zero-order chi connectivity index (χ0) is 8.10. The predicted molar refractivity (Wildman–Crippen MR) is 53.3 cm³/mol. The number of likely N-dealkylation sites (N-methyl/N-ethyl adjacent to an activating group) is 1. The predicted octanol–water partition coefficient (Wildman–Crippen LogP) is 1.96. The molecule has 1 aliphatic rings. The summed E-state index contributed by atoms with van der Waals surface area (Å²) in [6.07, 6.45) is 7.15. The Hall–Kier alpha value is 0.0500. The Balaban J connectivity index is 2.15. The maximum atomic E-state index is 4.11. The lowest BCUT2D eigenvalue weighted by atomic mass is 10.4. The van der Waals surface area contributed by atoms with Gasteiger partial charge in [-0.25, -0.2) is 0 Å². The molecule has 1 saturated carbocycles. The van der Waals surface area contributed by atoms with Gasteiger partial charge in [0.25, 0.3) is 0 Å². The molecular weight excluding hydrogens is 154 g/mol. The molecule has 0 aromatic carbocycles. The first kappa shape index (κ1) is 9.14. The van der Waals surface area contributed by atoms with E-state index in [1.54, 1.807) is 0 Å². The highest BCUT2D eigenvalue weighted by Crippen LogP contribution is 2.25. The maximum Gasteiger partial charge on any atom is 0.0166 e. The van der Waals surface area contributed by atoms with Crippen LogP contribution in [0.5, 0.6) is 0 Å². The van der Waals surface area contributed by atoms with Gasteiger partial charge in [0.15, 0.2) is 0 Å². The standard InChI is InChI=1S/C9H17NS/c1-2-10(9-5-6-9)7-3-4-8-11/h3-4,9,11H,2,5-8H2,1H3. The minimum atomic E-state index is 0.863. The van der Waals surface area contributed by atoms with Crippen LogP contribution in [0.1, 0.15) is 19.8 Å². The second-order valence-electron chi connectivity index (χ2n) is 2.97. The molecule has 2 heteroatoms. The van der Waals surface area contributed by atoms with Crippen LogP contribution in [0.3, 0.4) is 0 Å². The first-order valence-corrected chi connectivity index (χ1v) is 5.01. The molecule has 1 rings (SSSR count). The Morgan fingerprint density at radius 1 is 1.45 bits per heavy atom. The fraction of sp³-hybridized carbons (Fsp3) is 0.778. The highest BCUT2D eigenvalue weighted by atomic mass is 32.1. The number of hydrogen-bond acceptors (Lipinski definition) is 2. The Morgan fingerprint density at radius 3 is 2.64 bits per heavy atom. The molecule has 0 N–H and O–H groups in total. The van der Waals surface area contributed by atoms with Crippen molar-refractivity contribution in [2.45, 2.75) is 25.8 Å². The molecule has 11 heavy (non-hydrogen) atoms. The van der Waals surface area contributed by atoms with Crippen LogP contribution in [0.4, 0.5) is 0 Å². The molecule has 64 valence electrons. The van der Waals surface area contributed by atoms with Crippen LogP contribution in [-0.4, -0.2) is 29.8 Å². The first-order valence-electron chi connectivity index (χ1n) is 4.38. The Labute approximate surface area is 74.9 Å². The lowest BCUT2D eigenvalue weighted by Crippen LogP contribution is -2.25. The summed E-state index contributed by atoms with van der Waals surface area (Å²) in [6, 6.07) is 0.893. The monoisotopic (exact) mass is 171 g/mol. The second kappa shape index (κ2) is 4.83. The van der Waals surface area contributed by atoms with E-state index < -0.39 is 0 Å². The average Bonchev–Trinajstić information content (AvgIpc) is 2.81. The third-order valence-electron chi connectivity index (χ3n) is 2.08. The average molecular weight is 171 g/mol. The highest BCUT2D eigenvalue weighted by molar-refractivity contribution is 7.80. The van der Waals surface area contributed by atoms with Crippen molar-refractivity contribution < 1.29 is 0 Å². The van der Waals surface area contributed by atoms with Crippen LogP contribution in [0, 0.1) is 0 Å². The minimum absolute atomic E-state index is 0.863. The molecule has 0 aromatic heterocycles. The molecular formula is C9H17NS. The number of hydrogen-bond donors (Lipinski definition) is 1. The van der Waals surface area contributed by atoms with Crippen molar-refractivity contribution in [2.75, 3.05) is 18.8 Å². The molecule has 0 spiro atoms. The molecule has 0 saturated heterocycles. The lowest BCUT2D eigenvalue weighted by molar-refractivity contribution is 0.308. The fourth-order valence-corrected chi connectivity index (χ4v) is 1.41. The van der Waals surface area contributed by atoms with Crippen LogP contribution >= 0.6 is 12.6 Å². The second-order valence-corrected chi connectivity index (χ2v) is 3.34. The number of rotatable bonds is 5. The van der Waals surface area contributed by atoms with E-state index in [0.717, 1.165) is 18.3 Å². The quantitative estimate of drug-likeness (QED) is 0.489. The van der Waals surface area contributed by atoms with E-state index >= 15 is 0 Å². The molecule has 0 atom stereocenters. The number of thiol groups is 1. The Morgan fingerprint density at radius 2 is 2.18 bits per heavy atom. The van der Waals surface area contributed by atoms with Crippen LogP contribution < -0.4 is 0 Å². The van der Waals surface area contributed by atoms with E-state index in [9.17, 15) is 0 Å². The van der Waals surface area contributed by atoms with Gasteiger partial charge >= 0.3 is 0 Å². The molecule has 1 aliphatic carbocycles. The van der Waals surface area contributed by atoms with Crippen molar-refractivity contribution in [2.24, 2.45) is 0 Å². The van der Waals surface area contributed by atoms with Gasteiger partial charge in [0.2, 0.25) is 0 Å². The minimum Gasteiger partial charge on any atom is -0.297 e. The smallest absolute Gasteiger partial charge is 0.0166 e. The van der Waals surface area contributed by atoms with E-state index in [1.165, 1.54) is 19.4 Å². The molecule has 1 fully saturated rings. The molecule has 0 unspecified atom stereocenters. The van der Waals surface area contributed by atoms with Crippen LogP contribution in [0.15, 0.2) is 12.2 Å². The molecule has 0 aromatic rings. The van der Waals surface area contributed by atoms with Gasteiger partial charge in [0.1, 0.15) is 0 Å². The molecule has 0 radical (unpaired) electrons. The van der Waals surface area contributed by atoms with E-state index in [0.29, 0.717) is 0 Å². The van der Waals surface area contributed by atoms with Gasteiger partial charge < -0.3 is 0 Å². The Bertz CT molecular complexity index is 130. The molecule has 1 nitrogen and oxygen atoms in total. The zero-order valence-corrected chi connectivity index (χ0v) is 8.06. The van der Waals surface area contributed by atoms with Gasteiger partial charge in [0.05, 0.1) is 0 Å². The maximum absolute atomic E-state index is 4.11.